The van der Waals surface area contributed by atoms with Gasteiger partial charge in [0.1, 0.15) is 12.2 Å². The first kappa shape index (κ1) is 29.1. The molecule has 4 heterocycles. The van der Waals surface area contributed by atoms with Crippen molar-refractivity contribution < 1.29 is 14.4 Å². The summed E-state index contributed by atoms with van der Waals surface area (Å²) in [5, 5.41) is 7.55. The Morgan fingerprint density at radius 3 is 2.49 bits per heavy atom. The summed E-state index contributed by atoms with van der Waals surface area (Å²) in [5.74, 6) is 1.36. The van der Waals surface area contributed by atoms with Crippen LogP contribution in [0.3, 0.4) is 0 Å². The van der Waals surface area contributed by atoms with Crippen molar-refractivity contribution in [3.8, 4) is 0 Å². The molecule has 0 bridgehead atoms. The van der Waals surface area contributed by atoms with Crippen LogP contribution >= 0.6 is 19.8 Å². The first-order valence-corrected chi connectivity index (χ1v) is 20.7. The molecule has 3 aromatic rings. The number of carbonyl (C=O) groups is 3. The molecule has 5 aliphatic rings. The molecule has 236 valence electrons. The maximum atomic E-state index is 13.7. The van der Waals surface area contributed by atoms with Crippen LogP contribution in [0.4, 0.5) is 0 Å². The molecule has 0 radical (unpaired) electrons. The minimum absolute atomic E-state index is 0.0301. The van der Waals surface area contributed by atoms with Gasteiger partial charge in [0.15, 0.2) is 0 Å². The van der Waals surface area contributed by atoms with Crippen molar-refractivity contribution in [2.75, 3.05) is 28.5 Å². The Morgan fingerprint density at radius 1 is 0.889 bits per heavy atom. The van der Waals surface area contributed by atoms with E-state index in [0.717, 1.165) is 93.5 Å². The number of nitrogens with zero attached hydrogens (tertiary/aromatic N) is 5. The molecule has 1 atom stereocenters. The molecule has 1 saturated carbocycles. The fraction of sp³-hybridized carbons (Fsp3) is 0.514. The van der Waals surface area contributed by atoms with Crippen LogP contribution in [0, 0.1) is 14.9 Å². The number of aromatic nitrogens is 3. The zero-order chi connectivity index (χ0) is 30.5. The van der Waals surface area contributed by atoms with Crippen molar-refractivity contribution in [3.63, 3.8) is 0 Å². The Balaban J connectivity index is 0.867. The number of alkyl halides is 2. The van der Waals surface area contributed by atoms with E-state index in [1.54, 1.807) is 6.33 Å². The van der Waals surface area contributed by atoms with E-state index in [9.17, 15) is 14.4 Å². The van der Waals surface area contributed by atoms with Crippen LogP contribution in [0.1, 0.15) is 88.7 Å². The predicted octanol–water partition coefficient (Wildman–Crippen LogP) is 4.84. The topological polar surface area (TPSA) is 100 Å². The normalized spacial score (nSPS) is 23.0. The molecule has 2 aliphatic carbocycles. The van der Waals surface area contributed by atoms with Crippen molar-refractivity contribution in [3.05, 3.63) is 80.4 Å². The van der Waals surface area contributed by atoms with E-state index in [1.165, 1.54) is 18.0 Å². The Labute approximate surface area is 271 Å². The Morgan fingerprint density at radius 2 is 1.69 bits per heavy atom. The van der Waals surface area contributed by atoms with Crippen molar-refractivity contribution >= 4 is 37.5 Å². The zero-order valence-corrected chi connectivity index (χ0v) is 27.9. The van der Waals surface area contributed by atoms with Crippen LogP contribution in [-0.4, -0.2) is 70.8 Å². The predicted molar refractivity (Wildman–Crippen MR) is 179 cm³/mol. The number of hydrogen-bond acceptors (Lipinski definition) is 5. The standard InChI is InChI=1S/C35H41IN6O3/c43-32(27-3-1-2-4-29(27)36-15-16-36)39-30-8-7-24-5-6-26(21-28(24)30)34(45)40-17-13-35(14-18-40)11-9-25(10-12-35)33(44)41-19-20-42-31(22-41)37-23-38-42/h1-6,21,23,25,30H,7-20,22H2,(H,39,43)/t30-/m1/s1. The fourth-order valence-electron chi connectivity index (χ4n) is 8.09. The number of likely N-dealkylation sites (tertiary alicyclic amines) is 1. The molecular formula is C35H41IN6O3. The van der Waals surface area contributed by atoms with E-state index in [4.69, 9.17) is 0 Å². The number of nitrogens with one attached hydrogen (secondary N) is 1. The van der Waals surface area contributed by atoms with Crippen LogP contribution < -0.4 is 5.32 Å². The van der Waals surface area contributed by atoms with Gasteiger partial charge >= 0.3 is 173 Å². The molecule has 8 rings (SSSR count). The second-order valence-electron chi connectivity index (χ2n) is 13.5. The van der Waals surface area contributed by atoms with Crippen molar-refractivity contribution in [2.24, 2.45) is 11.3 Å². The van der Waals surface area contributed by atoms with Gasteiger partial charge in [-0.15, -0.1) is 0 Å². The number of fused-ring (bicyclic) bond motifs is 2. The van der Waals surface area contributed by atoms with Gasteiger partial charge in [0.2, 0.25) is 5.91 Å². The van der Waals surface area contributed by atoms with Crippen molar-refractivity contribution in [2.45, 2.75) is 70.5 Å². The summed E-state index contributed by atoms with van der Waals surface area (Å²) in [6, 6.07) is 14.2. The Hall–Kier alpha value is -3.28. The molecule has 9 nitrogen and oxygen atoms in total. The van der Waals surface area contributed by atoms with E-state index in [1.807, 2.05) is 38.7 Å². The monoisotopic (exact) mass is 720 g/mol. The van der Waals surface area contributed by atoms with Gasteiger partial charge in [0.05, 0.1) is 13.1 Å². The van der Waals surface area contributed by atoms with Gasteiger partial charge in [-0.05, 0) is 31.1 Å². The maximum absolute atomic E-state index is 13.7. The number of carbonyl (C=O) groups excluding carboxylic acids is 3. The van der Waals surface area contributed by atoms with E-state index in [0.29, 0.717) is 13.1 Å². The third-order valence-corrected chi connectivity index (χ3v) is 15.7. The van der Waals surface area contributed by atoms with E-state index in [2.05, 4.69) is 33.6 Å². The molecule has 2 saturated heterocycles. The second-order valence-corrected chi connectivity index (χ2v) is 19.4. The van der Waals surface area contributed by atoms with Gasteiger partial charge < -0.3 is 4.90 Å². The quantitative estimate of drug-likeness (QED) is 0.301. The van der Waals surface area contributed by atoms with Gasteiger partial charge in [-0.1, -0.05) is 0 Å². The van der Waals surface area contributed by atoms with Crippen molar-refractivity contribution in [1.29, 1.82) is 0 Å². The summed E-state index contributed by atoms with van der Waals surface area (Å²) in [6.07, 6.45) is 9.35. The van der Waals surface area contributed by atoms with Crippen LogP contribution in [0.5, 0.6) is 0 Å². The van der Waals surface area contributed by atoms with Crippen molar-refractivity contribution in [1.82, 2.24) is 29.9 Å². The third-order valence-electron chi connectivity index (χ3n) is 11.0. The molecule has 1 aromatic heterocycles. The Bertz CT molecular complexity index is 1630. The number of rotatable bonds is 5. The molecule has 3 fully saturated rings. The number of halogens is 1. The number of piperidine rings is 1. The average Bonchev–Trinajstić information content (AvgIpc) is 3.70. The summed E-state index contributed by atoms with van der Waals surface area (Å²) >= 11 is -1.08. The molecule has 45 heavy (non-hydrogen) atoms. The van der Waals surface area contributed by atoms with E-state index in [-0.39, 0.29) is 35.1 Å². The molecule has 1 N–H and O–H groups in total. The number of amides is 3. The van der Waals surface area contributed by atoms with Gasteiger partial charge in [-0.25, -0.2) is 9.67 Å². The summed E-state index contributed by atoms with van der Waals surface area (Å²) < 4.78 is 5.84. The SMILES string of the molecule is O=C(N[C@@H]1CCc2ccc(C(=O)N3CCC4(CCC(C(=O)N5CCn6ncnc6C5)CC4)CC3)cc21)c1ccccc1I1CC1. The molecule has 10 heteroatoms. The number of benzene rings is 2. The van der Waals surface area contributed by atoms with Gasteiger partial charge in [0, 0.05) is 12.5 Å². The summed E-state index contributed by atoms with van der Waals surface area (Å²) in [6.45, 7) is 3.51. The molecule has 2 aromatic carbocycles. The van der Waals surface area contributed by atoms with Gasteiger partial charge in [0.25, 0.3) is 0 Å². The minimum atomic E-state index is -1.08. The van der Waals surface area contributed by atoms with E-state index < -0.39 is 19.8 Å². The molecule has 3 aliphatic heterocycles. The summed E-state index contributed by atoms with van der Waals surface area (Å²) in [5.41, 5.74) is 4.16. The van der Waals surface area contributed by atoms with Crippen LogP contribution in [0.25, 0.3) is 0 Å². The third kappa shape index (κ3) is 5.67. The molecule has 0 unspecified atom stereocenters. The zero-order valence-electron chi connectivity index (χ0n) is 25.7. The fourth-order valence-corrected chi connectivity index (χ4v) is 12.8. The summed E-state index contributed by atoms with van der Waals surface area (Å²) in [4.78, 5) is 48.7. The average molecular weight is 721 g/mol. The van der Waals surface area contributed by atoms with Gasteiger partial charge in [-0.3, -0.25) is 4.79 Å². The number of hydrogen-bond donors (Lipinski definition) is 1. The van der Waals surface area contributed by atoms with E-state index >= 15 is 0 Å². The van der Waals surface area contributed by atoms with Crippen LogP contribution in [0.2, 0.25) is 0 Å². The first-order valence-electron chi connectivity index (χ1n) is 16.6. The Kier molecular flexibility index (Phi) is 7.66. The number of aryl methyl sites for hydroxylation is 1. The molecule has 1 spiro atoms. The van der Waals surface area contributed by atoms with Crippen LogP contribution in [0.15, 0.2) is 48.8 Å². The summed E-state index contributed by atoms with van der Waals surface area (Å²) in [7, 11) is 0. The van der Waals surface area contributed by atoms with Gasteiger partial charge in [-0.2, -0.15) is 5.10 Å². The first-order chi connectivity index (χ1) is 22.0. The molecule has 3 amide bonds. The van der Waals surface area contributed by atoms with Crippen LogP contribution in [-0.2, 0) is 24.3 Å². The second kappa shape index (κ2) is 11.8. The molecular weight excluding hydrogens is 679 g/mol.